The van der Waals surface area contributed by atoms with Crippen LogP contribution in [0.25, 0.3) is 11.6 Å². The van der Waals surface area contributed by atoms with E-state index in [1.54, 1.807) is 54.3 Å². The summed E-state index contributed by atoms with van der Waals surface area (Å²) in [6.45, 7) is 21.7. The molecular formula is C38H48Cl2N6O6. The first-order valence-electron chi connectivity index (χ1n) is 17.4. The van der Waals surface area contributed by atoms with Crippen LogP contribution in [0.1, 0.15) is 95.9 Å². The summed E-state index contributed by atoms with van der Waals surface area (Å²) in [4.78, 5) is 31.1. The Morgan fingerprint density at radius 2 is 1.10 bits per heavy atom. The van der Waals surface area contributed by atoms with Gasteiger partial charge in [-0.1, -0.05) is 78.6 Å². The largest absolute Gasteiger partial charge is 0.478 e. The highest BCUT2D eigenvalue weighted by molar-refractivity contribution is 6.32. The lowest BCUT2D eigenvalue weighted by atomic mass is 10.0. The molecule has 2 aliphatic carbocycles. The highest BCUT2D eigenvalue weighted by Gasteiger charge is 2.64. The summed E-state index contributed by atoms with van der Waals surface area (Å²) in [6, 6.07) is 9.77. The number of carbonyl (C=O) groups excluding carboxylic acids is 1. The fraction of sp³-hybridized carbons (Fsp3) is 0.526. The molecule has 6 rings (SSSR count). The number of carbonyl (C=O) groups is 2. The Kier molecular flexibility index (Phi) is 11.0. The van der Waals surface area contributed by atoms with Crippen LogP contribution < -0.4 is 9.47 Å². The molecule has 2 aliphatic rings. The van der Waals surface area contributed by atoms with E-state index in [1.807, 2.05) is 0 Å². The topological polar surface area (TPSA) is 143 Å². The van der Waals surface area contributed by atoms with Crippen molar-refractivity contribution in [2.75, 3.05) is 19.8 Å². The summed E-state index contributed by atoms with van der Waals surface area (Å²) < 4.78 is 19.6. The van der Waals surface area contributed by atoms with Gasteiger partial charge in [-0.05, 0) is 77.5 Å². The van der Waals surface area contributed by atoms with Gasteiger partial charge in [0.05, 0.1) is 30.9 Å². The first kappa shape index (κ1) is 39.1. The number of ether oxygens (including phenoxy) is 3. The molecule has 0 radical (unpaired) electrons. The number of carboxylic acids is 1. The number of pyridine rings is 2. The van der Waals surface area contributed by atoms with E-state index in [2.05, 4.69) is 75.6 Å². The summed E-state index contributed by atoms with van der Waals surface area (Å²) in [6.07, 6.45) is 5.46. The molecule has 2 fully saturated rings. The second-order valence-electron chi connectivity index (χ2n) is 15.5. The third-order valence-corrected chi connectivity index (χ3v) is 12.5. The molecule has 4 aromatic rings. The van der Waals surface area contributed by atoms with Crippen LogP contribution in [0, 0.1) is 33.5 Å². The Morgan fingerprint density at radius 1 is 0.692 bits per heavy atom. The van der Waals surface area contributed by atoms with E-state index >= 15 is 0 Å². The van der Waals surface area contributed by atoms with Crippen LogP contribution in [-0.2, 0) is 4.74 Å². The van der Waals surface area contributed by atoms with E-state index in [4.69, 9.17) is 42.5 Å². The van der Waals surface area contributed by atoms with Gasteiger partial charge in [-0.25, -0.2) is 28.9 Å². The van der Waals surface area contributed by atoms with Gasteiger partial charge in [-0.15, -0.1) is 10.2 Å². The number of rotatable bonds is 13. The number of aromatic carboxylic acids is 1. The molecule has 4 aromatic heterocycles. The third-order valence-electron chi connectivity index (χ3n) is 11.9. The van der Waals surface area contributed by atoms with Gasteiger partial charge >= 0.3 is 11.9 Å². The Balaban J connectivity index is 0.000000202. The molecule has 52 heavy (non-hydrogen) atoms. The van der Waals surface area contributed by atoms with Crippen molar-refractivity contribution in [2.24, 2.45) is 33.5 Å². The molecule has 0 spiro atoms. The molecule has 4 heterocycles. The lowest BCUT2D eigenvalue weighted by Crippen LogP contribution is -2.08. The minimum absolute atomic E-state index is 0.0382. The highest BCUT2D eigenvalue weighted by Crippen LogP contribution is 2.70. The van der Waals surface area contributed by atoms with Crippen molar-refractivity contribution in [1.29, 1.82) is 0 Å². The van der Waals surface area contributed by atoms with Crippen molar-refractivity contribution in [3.8, 4) is 23.4 Å². The molecule has 280 valence electrons. The molecule has 12 nitrogen and oxygen atoms in total. The van der Waals surface area contributed by atoms with E-state index < -0.39 is 11.9 Å². The SMILES string of the molecule is CC1(C)C(CCOc2ccn(-c3ccc(C(=O)O)c(Cl)n3)n2)C1(C)C.CCOC(=O)c1ccc(-n2ccc(OCCC3C(C)(C)C3(C)C)n2)nc1Cl. The first-order chi connectivity index (χ1) is 24.3. The van der Waals surface area contributed by atoms with E-state index in [9.17, 15) is 9.59 Å². The second kappa shape index (κ2) is 14.7. The second-order valence-corrected chi connectivity index (χ2v) is 16.2. The monoisotopic (exact) mass is 754 g/mol. The number of carboxylic acid groups (broad SMARTS) is 1. The van der Waals surface area contributed by atoms with Gasteiger partial charge in [0.1, 0.15) is 10.3 Å². The maximum absolute atomic E-state index is 11.8. The van der Waals surface area contributed by atoms with Crippen molar-refractivity contribution in [2.45, 2.75) is 75.2 Å². The Morgan fingerprint density at radius 3 is 1.44 bits per heavy atom. The average Bonchev–Trinajstić information content (AvgIpc) is 3.51. The Labute approximate surface area is 314 Å². The summed E-state index contributed by atoms with van der Waals surface area (Å²) in [7, 11) is 0. The van der Waals surface area contributed by atoms with E-state index in [1.165, 1.54) is 10.7 Å². The quantitative estimate of drug-likeness (QED) is 0.104. The average molecular weight is 756 g/mol. The Hall–Kier alpha value is -4.16. The zero-order valence-electron chi connectivity index (χ0n) is 31.2. The van der Waals surface area contributed by atoms with Gasteiger partial charge < -0.3 is 19.3 Å². The molecule has 0 unspecified atom stereocenters. The maximum Gasteiger partial charge on any atom is 0.341 e. The number of aromatic nitrogens is 6. The van der Waals surface area contributed by atoms with Gasteiger partial charge in [-0.3, -0.25) is 0 Å². The van der Waals surface area contributed by atoms with Crippen molar-refractivity contribution >= 4 is 35.1 Å². The van der Waals surface area contributed by atoms with Gasteiger partial charge in [0.25, 0.3) is 0 Å². The zero-order valence-corrected chi connectivity index (χ0v) is 32.7. The molecule has 0 amide bonds. The van der Waals surface area contributed by atoms with Crippen LogP contribution in [0.2, 0.25) is 10.3 Å². The lowest BCUT2D eigenvalue weighted by Gasteiger charge is -2.06. The summed E-state index contributed by atoms with van der Waals surface area (Å²) in [5, 5.41) is 17.7. The molecule has 0 bridgehead atoms. The van der Waals surface area contributed by atoms with Crippen LogP contribution >= 0.6 is 23.2 Å². The van der Waals surface area contributed by atoms with Crippen molar-refractivity contribution < 1.29 is 28.9 Å². The first-order valence-corrected chi connectivity index (χ1v) is 18.2. The minimum atomic E-state index is -1.11. The van der Waals surface area contributed by atoms with E-state index in [0.29, 0.717) is 70.1 Å². The summed E-state index contributed by atoms with van der Waals surface area (Å²) in [5.41, 5.74) is 1.61. The molecule has 0 aliphatic heterocycles. The normalized spacial score (nSPS) is 17.8. The number of nitrogens with zero attached hydrogens (tertiary/aromatic N) is 6. The summed E-state index contributed by atoms with van der Waals surface area (Å²) in [5.74, 6) is 1.70. The van der Waals surface area contributed by atoms with Gasteiger partial charge in [-0.2, -0.15) is 0 Å². The molecule has 0 saturated heterocycles. The maximum atomic E-state index is 11.8. The summed E-state index contributed by atoms with van der Waals surface area (Å²) >= 11 is 12.0. The number of hydrogen-bond donors (Lipinski definition) is 1. The van der Waals surface area contributed by atoms with Crippen molar-refractivity contribution in [1.82, 2.24) is 29.5 Å². The Bertz CT molecular complexity index is 1910. The molecule has 14 heteroatoms. The zero-order chi connectivity index (χ0) is 38.2. The van der Waals surface area contributed by atoms with Gasteiger partial charge in [0, 0.05) is 24.5 Å². The van der Waals surface area contributed by atoms with Crippen LogP contribution in [-0.4, -0.2) is 66.4 Å². The van der Waals surface area contributed by atoms with Crippen LogP contribution in [0.3, 0.4) is 0 Å². The predicted molar refractivity (Wildman–Crippen MR) is 198 cm³/mol. The van der Waals surface area contributed by atoms with Crippen molar-refractivity contribution in [3.63, 3.8) is 0 Å². The standard InChI is InChI=1S/C20H26ClN3O3.C18H22ClN3O3/c1-6-26-18(25)13-7-8-15(22-17(13)21)24-11-9-16(23-24)27-12-10-14-19(2,3)20(14,4)5;1-17(2)12(18(17,3)4)8-10-25-14-7-9-22(21-14)13-6-5-11(16(23)24)15(19)20-13/h7-9,11,14H,6,10,12H2,1-5H3;5-7,9,12H,8,10H2,1-4H3,(H,23,24). The van der Waals surface area contributed by atoms with E-state index in [-0.39, 0.29) is 28.0 Å². The van der Waals surface area contributed by atoms with E-state index in [0.717, 1.165) is 12.8 Å². The number of halogens is 2. The smallest absolute Gasteiger partial charge is 0.341 e. The predicted octanol–water partition coefficient (Wildman–Crippen LogP) is 8.62. The number of hydrogen-bond acceptors (Lipinski definition) is 9. The van der Waals surface area contributed by atoms with Crippen molar-refractivity contribution in [3.05, 3.63) is 70.2 Å². The molecule has 2 saturated carbocycles. The van der Waals surface area contributed by atoms with Crippen LogP contribution in [0.4, 0.5) is 0 Å². The van der Waals surface area contributed by atoms with Crippen LogP contribution in [0.5, 0.6) is 11.8 Å². The molecule has 0 atom stereocenters. The van der Waals surface area contributed by atoms with Crippen LogP contribution in [0.15, 0.2) is 48.8 Å². The highest BCUT2D eigenvalue weighted by atomic mass is 35.5. The molecule has 0 aromatic carbocycles. The third kappa shape index (κ3) is 7.78. The molecule has 1 N–H and O–H groups in total. The lowest BCUT2D eigenvalue weighted by molar-refractivity contribution is 0.0525. The number of esters is 1. The molecular weight excluding hydrogens is 707 g/mol. The fourth-order valence-corrected chi connectivity index (χ4v) is 7.78. The van der Waals surface area contributed by atoms with Gasteiger partial charge in [0.15, 0.2) is 11.6 Å². The minimum Gasteiger partial charge on any atom is -0.478 e. The van der Waals surface area contributed by atoms with Gasteiger partial charge in [0.2, 0.25) is 11.8 Å². The fourth-order valence-electron chi connectivity index (χ4n) is 7.32.